The molecule has 1 heterocycles. The van der Waals surface area contributed by atoms with Crippen molar-refractivity contribution in [2.45, 2.75) is 6.54 Å². The van der Waals surface area contributed by atoms with Gasteiger partial charge in [0.15, 0.2) is 6.61 Å². The second-order valence-corrected chi connectivity index (χ2v) is 5.60. The molecule has 0 aliphatic carbocycles. The number of ether oxygens (including phenoxy) is 2. The van der Waals surface area contributed by atoms with Crippen LogP contribution in [0.5, 0.6) is 5.75 Å². The number of esters is 1. The first-order valence-electron chi connectivity index (χ1n) is 8.07. The number of hydrogen-bond acceptors (Lipinski definition) is 5. The normalized spacial score (nSPS) is 10.3. The Morgan fingerprint density at radius 3 is 2.50 bits per heavy atom. The molecule has 132 valence electrons. The number of aromatic nitrogens is 2. The van der Waals surface area contributed by atoms with E-state index in [4.69, 9.17) is 9.47 Å². The van der Waals surface area contributed by atoms with E-state index in [0.29, 0.717) is 23.4 Å². The third-order valence-electron chi connectivity index (χ3n) is 3.84. The van der Waals surface area contributed by atoms with Gasteiger partial charge in [0.05, 0.1) is 24.8 Å². The Morgan fingerprint density at radius 1 is 1.04 bits per heavy atom. The molecule has 0 unspecified atom stereocenters. The van der Waals surface area contributed by atoms with Crippen LogP contribution in [0.4, 0.5) is 0 Å². The average Bonchev–Trinajstić information content (AvgIpc) is 3.19. The molecule has 0 radical (unpaired) electrons. The molecular formula is C20H18N2O4. The Hall–Kier alpha value is -3.41. The summed E-state index contributed by atoms with van der Waals surface area (Å²) in [6, 6.07) is 15.7. The standard InChI is InChI=1S/C20H18N2O4/c1-25-19-6-3-2-5-17(19)18(23)14-26-20(24)16-9-7-15(8-10-16)13-22-12-4-11-21-22/h2-12H,13-14H2,1H3. The van der Waals surface area contributed by atoms with Gasteiger partial charge in [0.1, 0.15) is 5.75 Å². The maximum Gasteiger partial charge on any atom is 0.338 e. The lowest BCUT2D eigenvalue weighted by molar-refractivity contribution is 0.0474. The quantitative estimate of drug-likeness (QED) is 0.484. The molecule has 0 N–H and O–H groups in total. The zero-order valence-corrected chi connectivity index (χ0v) is 14.3. The van der Waals surface area contributed by atoms with Crippen LogP contribution >= 0.6 is 0 Å². The number of hydrogen-bond donors (Lipinski definition) is 0. The van der Waals surface area contributed by atoms with E-state index in [1.807, 2.05) is 24.4 Å². The van der Waals surface area contributed by atoms with E-state index in [-0.39, 0.29) is 12.4 Å². The second-order valence-electron chi connectivity index (χ2n) is 5.60. The van der Waals surface area contributed by atoms with Gasteiger partial charge in [-0.15, -0.1) is 0 Å². The number of methoxy groups -OCH3 is 1. The molecule has 0 saturated heterocycles. The number of nitrogens with zero attached hydrogens (tertiary/aromatic N) is 2. The third kappa shape index (κ3) is 4.16. The van der Waals surface area contributed by atoms with Crippen LogP contribution in [0.15, 0.2) is 67.0 Å². The third-order valence-corrected chi connectivity index (χ3v) is 3.84. The minimum Gasteiger partial charge on any atom is -0.496 e. The van der Waals surface area contributed by atoms with Crippen LogP contribution in [0.25, 0.3) is 0 Å². The number of carbonyl (C=O) groups is 2. The van der Waals surface area contributed by atoms with Crippen molar-refractivity contribution in [3.63, 3.8) is 0 Å². The summed E-state index contributed by atoms with van der Waals surface area (Å²) >= 11 is 0. The van der Waals surface area contributed by atoms with E-state index in [1.54, 1.807) is 47.3 Å². The molecule has 6 nitrogen and oxygen atoms in total. The number of para-hydroxylation sites is 1. The van der Waals surface area contributed by atoms with Gasteiger partial charge in [-0.25, -0.2) is 4.79 Å². The highest BCUT2D eigenvalue weighted by molar-refractivity contribution is 6.01. The van der Waals surface area contributed by atoms with Crippen molar-refractivity contribution in [2.75, 3.05) is 13.7 Å². The van der Waals surface area contributed by atoms with Crippen molar-refractivity contribution in [3.05, 3.63) is 83.7 Å². The van der Waals surface area contributed by atoms with Crippen molar-refractivity contribution >= 4 is 11.8 Å². The van der Waals surface area contributed by atoms with E-state index in [2.05, 4.69) is 5.10 Å². The zero-order valence-electron chi connectivity index (χ0n) is 14.3. The molecule has 3 aromatic rings. The summed E-state index contributed by atoms with van der Waals surface area (Å²) in [7, 11) is 1.49. The van der Waals surface area contributed by atoms with Crippen molar-refractivity contribution in [2.24, 2.45) is 0 Å². The summed E-state index contributed by atoms with van der Waals surface area (Å²) in [5.74, 6) is -0.401. The van der Waals surface area contributed by atoms with Crippen LogP contribution in [-0.2, 0) is 11.3 Å². The highest BCUT2D eigenvalue weighted by Crippen LogP contribution is 2.18. The number of rotatable bonds is 7. The first kappa shape index (κ1) is 17.4. The van der Waals surface area contributed by atoms with Gasteiger partial charge in [-0.2, -0.15) is 5.10 Å². The highest BCUT2D eigenvalue weighted by atomic mass is 16.5. The SMILES string of the molecule is COc1ccccc1C(=O)COC(=O)c1ccc(Cn2cccn2)cc1. The van der Waals surface area contributed by atoms with Gasteiger partial charge in [-0.1, -0.05) is 24.3 Å². The van der Waals surface area contributed by atoms with Gasteiger partial charge in [0, 0.05) is 12.4 Å². The van der Waals surface area contributed by atoms with E-state index in [1.165, 1.54) is 7.11 Å². The molecule has 2 aromatic carbocycles. The number of carbonyl (C=O) groups excluding carboxylic acids is 2. The smallest absolute Gasteiger partial charge is 0.338 e. The van der Waals surface area contributed by atoms with Crippen LogP contribution in [0.2, 0.25) is 0 Å². The van der Waals surface area contributed by atoms with Crippen molar-refractivity contribution in [3.8, 4) is 5.75 Å². The van der Waals surface area contributed by atoms with Crippen molar-refractivity contribution < 1.29 is 19.1 Å². The predicted molar refractivity (Wildman–Crippen MR) is 95.4 cm³/mol. The molecular weight excluding hydrogens is 332 g/mol. The number of benzene rings is 2. The molecule has 0 amide bonds. The first-order valence-corrected chi connectivity index (χ1v) is 8.07. The average molecular weight is 350 g/mol. The summed E-state index contributed by atoms with van der Waals surface area (Å²) in [5.41, 5.74) is 1.79. The molecule has 0 aliphatic rings. The van der Waals surface area contributed by atoms with Gasteiger partial charge in [0.2, 0.25) is 5.78 Å². The zero-order chi connectivity index (χ0) is 18.4. The maximum absolute atomic E-state index is 12.2. The monoisotopic (exact) mass is 350 g/mol. The fourth-order valence-corrected chi connectivity index (χ4v) is 2.49. The fraction of sp³-hybridized carbons (Fsp3) is 0.150. The van der Waals surface area contributed by atoms with Crippen LogP contribution in [0, 0.1) is 0 Å². The van der Waals surface area contributed by atoms with Crippen LogP contribution in [-0.4, -0.2) is 35.2 Å². The van der Waals surface area contributed by atoms with E-state index in [9.17, 15) is 9.59 Å². The Bertz CT molecular complexity index is 886. The second kappa shape index (κ2) is 8.11. The highest BCUT2D eigenvalue weighted by Gasteiger charge is 2.15. The Kier molecular flexibility index (Phi) is 5.43. The summed E-state index contributed by atoms with van der Waals surface area (Å²) in [4.78, 5) is 24.4. The molecule has 0 fully saturated rings. The first-order chi connectivity index (χ1) is 12.7. The number of ketones is 1. The van der Waals surface area contributed by atoms with Crippen molar-refractivity contribution in [1.29, 1.82) is 0 Å². The van der Waals surface area contributed by atoms with Gasteiger partial charge < -0.3 is 9.47 Å². The molecule has 0 bridgehead atoms. The molecule has 26 heavy (non-hydrogen) atoms. The Balaban J connectivity index is 1.58. The number of Topliss-reactive ketones (excluding diaryl/α,β-unsaturated/α-hetero) is 1. The lowest BCUT2D eigenvalue weighted by Crippen LogP contribution is -2.15. The maximum atomic E-state index is 12.2. The molecule has 0 aliphatic heterocycles. The largest absolute Gasteiger partial charge is 0.496 e. The topological polar surface area (TPSA) is 70.4 Å². The van der Waals surface area contributed by atoms with Crippen molar-refractivity contribution in [1.82, 2.24) is 9.78 Å². The van der Waals surface area contributed by atoms with Crippen LogP contribution in [0.1, 0.15) is 26.3 Å². The lowest BCUT2D eigenvalue weighted by atomic mass is 10.1. The van der Waals surface area contributed by atoms with Gasteiger partial charge in [0.25, 0.3) is 0 Å². The molecule has 6 heteroatoms. The van der Waals surface area contributed by atoms with E-state index >= 15 is 0 Å². The summed E-state index contributed by atoms with van der Waals surface area (Å²) in [6.07, 6.45) is 3.58. The molecule has 0 atom stereocenters. The van der Waals surface area contributed by atoms with Gasteiger partial charge in [-0.05, 0) is 35.9 Å². The molecule has 0 saturated carbocycles. The summed E-state index contributed by atoms with van der Waals surface area (Å²) in [5, 5.41) is 4.14. The van der Waals surface area contributed by atoms with E-state index < -0.39 is 5.97 Å². The van der Waals surface area contributed by atoms with Crippen LogP contribution < -0.4 is 4.74 Å². The molecule has 0 spiro atoms. The molecule has 1 aromatic heterocycles. The van der Waals surface area contributed by atoms with Gasteiger partial charge in [-0.3, -0.25) is 9.48 Å². The minimum absolute atomic E-state index is 0.314. The van der Waals surface area contributed by atoms with Gasteiger partial charge >= 0.3 is 5.97 Å². The Morgan fingerprint density at radius 2 is 1.81 bits per heavy atom. The van der Waals surface area contributed by atoms with E-state index in [0.717, 1.165) is 5.56 Å². The fourth-order valence-electron chi connectivity index (χ4n) is 2.49. The Labute approximate surface area is 151 Å². The lowest BCUT2D eigenvalue weighted by Gasteiger charge is -2.08. The summed E-state index contributed by atoms with van der Waals surface area (Å²) < 4.78 is 12.1. The minimum atomic E-state index is -0.543. The van der Waals surface area contributed by atoms with Crippen LogP contribution in [0.3, 0.4) is 0 Å². The molecule has 3 rings (SSSR count). The predicted octanol–water partition coefficient (Wildman–Crippen LogP) is 2.98. The summed E-state index contributed by atoms with van der Waals surface area (Å²) in [6.45, 7) is 0.281.